The summed E-state index contributed by atoms with van der Waals surface area (Å²) in [5, 5.41) is 12.1. The van der Waals surface area contributed by atoms with Gasteiger partial charge in [0.2, 0.25) is 5.88 Å². The van der Waals surface area contributed by atoms with Gasteiger partial charge in [-0.05, 0) is 30.3 Å². The molecule has 7 heteroatoms. The first-order valence-corrected chi connectivity index (χ1v) is 8.31. The van der Waals surface area contributed by atoms with Gasteiger partial charge >= 0.3 is 0 Å². The maximum absolute atomic E-state index is 12.1. The lowest BCUT2D eigenvalue weighted by Crippen LogP contribution is -2.52. The monoisotopic (exact) mass is 353 g/mol. The van der Waals surface area contributed by atoms with Crippen LogP contribution in [0.3, 0.4) is 0 Å². The lowest BCUT2D eigenvalue weighted by molar-refractivity contribution is -0.125. The van der Waals surface area contributed by atoms with Crippen LogP contribution in [0.5, 0.6) is 17.4 Å². The first-order chi connectivity index (χ1) is 12.7. The van der Waals surface area contributed by atoms with Crippen molar-refractivity contribution in [2.45, 2.75) is 18.4 Å². The average molecular weight is 353 g/mol. The fraction of sp³-hybridized carbons (Fsp3) is 0.316. The number of carbonyl (C=O) groups excluding carboxylic acids is 1. The van der Waals surface area contributed by atoms with Crippen LogP contribution in [-0.2, 0) is 9.53 Å². The molecule has 0 bridgehead atoms. The molecule has 134 valence electrons. The molecule has 0 saturated carbocycles. The van der Waals surface area contributed by atoms with Crippen molar-refractivity contribution in [1.82, 2.24) is 10.3 Å². The molecule has 1 saturated heterocycles. The Bertz CT molecular complexity index is 766. The van der Waals surface area contributed by atoms with E-state index in [1.54, 1.807) is 36.5 Å². The van der Waals surface area contributed by atoms with Gasteiger partial charge in [-0.2, -0.15) is 5.26 Å². The van der Waals surface area contributed by atoms with Gasteiger partial charge in [0.15, 0.2) is 6.61 Å². The third kappa shape index (κ3) is 4.71. The molecule has 1 aromatic carbocycles. The van der Waals surface area contributed by atoms with E-state index in [-0.39, 0.29) is 12.5 Å². The summed E-state index contributed by atoms with van der Waals surface area (Å²) in [7, 11) is 0. The van der Waals surface area contributed by atoms with Crippen LogP contribution in [0.25, 0.3) is 0 Å². The molecule has 1 aromatic heterocycles. The molecule has 1 aliphatic rings. The van der Waals surface area contributed by atoms with E-state index >= 15 is 0 Å². The Morgan fingerprint density at radius 1 is 1.19 bits per heavy atom. The number of carbonyl (C=O) groups is 1. The third-order valence-electron chi connectivity index (χ3n) is 3.99. The number of nitrogens with zero attached hydrogens (tertiary/aromatic N) is 2. The van der Waals surface area contributed by atoms with Crippen LogP contribution in [0, 0.1) is 11.3 Å². The number of benzene rings is 1. The van der Waals surface area contributed by atoms with Gasteiger partial charge in [-0.25, -0.2) is 4.98 Å². The Hall–Kier alpha value is -3.11. The molecule has 26 heavy (non-hydrogen) atoms. The van der Waals surface area contributed by atoms with Crippen molar-refractivity contribution in [3.63, 3.8) is 0 Å². The van der Waals surface area contributed by atoms with Crippen LogP contribution in [-0.4, -0.2) is 36.3 Å². The van der Waals surface area contributed by atoms with Gasteiger partial charge in [-0.15, -0.1) is 0 Å². The second-order valence-electron chi connectivity index (χ2n) is 5.88. The SMILES string of the molecule is N#CC1(NC(=O)COc2ccc(Oc3ccccn3)cc2)CCOCC1. The van der Waals surface area contributed by atoms with Crippen LogP contribution in [0.4, 0.5) is 0 Å². The highest BCUT2D eigenvalue weighted by molar-refractivity contribution is 5.78. The Labute approximate surface area is 151 Å². The van der Waals surface area contributed by atoms with Gasteiger partial charge in [0, 0.05) is 38.3 Å². The summed E-state index contributed by atoms with van der Waals surface area (Å²) < 4.78 is 16.3. The van der Waals surface area contributed by atoms with E-state index in [4.69, 9.17) is 14.2 Å². The van der Waals surface area contributed by atoms with E-state index < -0.39 is 5.54 Å². The fourth-order valence-corrected chi connectivity index (χ4v) is 2.57. The van der Waals surface area contributed by atoms with E-state index in [1.807, 2.05) is 12.1 Å². The number of amides is 1. The molecular formula is C19H19N3O4. The fourth-order valence-electron chi connectivity index (χ4n) is 2.57. The molecule has 2 heterocycles. The van der Waals surface area contributed by atoms with Crippen molar-refractivity contribution in [3.05, 3.63) is 48.7 Å². The standard InChI is InChI=1S/C19H19N3O4/c20-14-19(8-11-24-12-9-19)22-17(23)13-25-15-4-6-16(7-5-15)26-18-3-1-2-10-21-18/h1-7,10H,8-9,11-13H2,(H,22,23). The van der Waals surface area contributed by atoms with Crippen LogP contribution < -0.4 is 14.8 Å². The topological polar surface area (TPSA) is 93.5 Å². The van der Waals surface area contributed by atoms with Gasteiger partial charge in [0.05, 0.1) is 6.07 Å². The Morgan fingerprint density at radius 3 is 2.58 bits per heavy atom. The molecule has 0 unspecified atom stereocenters. The van der Waals surface area contributed by atoms with Crippen LogP contribution in [0.1, 0.15) is 12.8 Å². The number of hydrogen-bond acceptors (Lipinski definition) is 6. The summed E-state index contributed by atoms with van der Waals surface area (Å²) in [6, 6.07) is 14.5. The molecule has 0 spiro atoms. The van der Waals surface area contributed by atoms with Gasteiger partial charge < -0.3 is 19.5 Å². The normalized spacial score (nSPS) is 15.5. The molecule has 3 rings (SSSR count). The minimum Gasteiger partial charge on any atom is -0.484 e. The zero-order valence-corrected chi connectivity index (χ0v) is 14.2. The smallest absolute Gasteiger partial charge is 0.259 e. The predicted molar refractivity (Wildman–Crippen MR) is 92.8 cm³/mol. The summed E-state index contributed by atoms with van der Waals surface area (Å²) in [4.78, 5) is 16.2. The summed E-state index contributed by atoms with van der Waals surface area (Å²) in [6.45, 7) is 0.767. The van der Waals surface area contributed by atoms with Crippen molar-refractivity contribution >= 4 is 5.91 Å². The maximum atomic E-state index is 12.1. The first-order valence-electron chi connectivity index (χ1n) is 8.31. The van der Waals surface area contributed by atoms with Crippen molar-refractivity contribution in [3.8, 4) is 23.4 Å². The van der Waals surface area contributed by atoms with E-state index in [1.165, 1.54) is 0 Å². The molecule has 0 radical (unpaired) electrons. The van der Waals surface area contributed by atoms with E-state index in [0.29, 0.717) is 43.4 Å². The Balaban J connectivity index is 1.50. The number of pyridine rings is 1. The lowest BCUT2D eigenvalue weighted by Gasteiger charge is -2.31. The molecule has 1 amide bonds. The van der Waals surface area contributed by atoms with Crippen molar-refractivity contribution in [1.29, 1.82) is 5.26 Å². The highest BCUT2D eigenvalue weighted by Gasteiger charge is 2.34. The van der Waals surface area contributed by atoms with Crippen LogP contribution in [0.2, 0.25) is 0 Å². The molecule has 7 nitrogen and oxygen atoms in total. The summed E-state index contributed by atoms with van der Waals surface area (Å²) in [5.41, 5.74) is -0.862. The molecule has 2 aromatic rings. The lowest BCUT2D eigenvalue weighted by atomic mass is 9.92. The number of ether oxygens (including phenoxy) is 3. The second kappa shape index (κ2) is 8.32. The minimum atomic E-state index is -0.862. The zero-order valence-electron chi connectivity index (χ0n) is 14.2. The number of aromatic nitrogens is 1. The summed E-state index contributed by atoms with van der Waals surface area (Å²) >= 11 is 0. The molecule has 1 fully saturated rings. The molecule has 0 atom stereocenters. The highest BCUT2D eigenvalue weighted by Crippen LogP contribution is 2.22. The molecule has 1 aliphatic heterocycles. The second-order valence-corrected chi connectivity index (χ2v) is 5.88. The first kappa shape index (κ1) is 17.7. The van der Waals surface area contributed by atoms with Gasteiger partial charge in [-0.1, -0.05) is 6.07 Å². The van der Waals surface area contributed by atoms with Crippen LogP contribution >= 0.6 is 0 Å². The average Bonchev–Trinajstić information content (AvgIpc) is 2.69. The van der Waals surface area contributed by atoms with Crippen molar-refractivity contribution in [2.24, 2.45) is 0 Å². The molecular weight excluding hydrogens is 334 g/mol. The van der Waals surface area contributed by atoms with Crippen molar-refractivity contribution < 1.29 is 19.0 Å². The number of rotatable bonds is 6. The number of hydrogen-bond donors (Lipinski definition) is 1. The highest BCUT2D eigenvalue weighted by atomic mass is 16.5. The van der Waals surface area contributed by atoms with Gasteiger partial charge in [-0.3, -0.25) is 4.79 Å². The van der Waals surface area contributed by atoms with E-state index in [9.17, 15) is 10.1 Å². The third-order valence-corrected chi connectivity index (χ3v) is 3.99. The van der Waals surface area contributed by atoms with E-state index in [2.05, 4.69) is 16.4 Å². The predicted octanol–water partition coefficient (Wildman–Crippen LogP) is 2.44. The quantitative estimate of drug-likeness (QED) is 0.857. The molecule has 0 aliphatic carbocycles. The minimum absolute atomic E-state index is 0.162. The Kier molecular flexibility index (Phi) is 5.66. The van der Waals surface area contributed by atoms with Crippen LogP contribution in [0.15, 0.2) is 48.7 Å². The van der Waals surface area contributed by atoms with Gasteiger partial charge in [0.25, 0.3) is 5.91 Å². The van der Waals surface area contributed by atoms with Gasteiger partial charge in [0.1, 0.15) is 17.0 Å². The summed E-state index contributed by atoms with van der Waals surface area (Å²) in [6.07, 6.45) is 2.61. The maximum Gasteiger partial charge on any atom is 0.259 e. The van der Waals surface area contributed by atoms with Crippen molar-refractivity contribution in [2.75, 3.05) is 19.8 Å². The van der Waals surface area contributed by atoms with E-state index in [0.717, 1.165) is 0 Å². The summed E-state index contributed by atoms with van der Waals surface area (Å²) in [5.74, 6) is 1.32. The largest absolute Gasteiger partial charge is 0.484 e. The molecule has 1 N–H and O–H groups in total. The number of nitriles is 1. The zero-order chi connectivity index (χ0) is 18.2. The number of nitrogens with one attached hydrogen (secondary N) is 1. The Morgan fingerprint density at radius 2 is 1.92 bits per heavy atom.